The summed E-state index contributed by atoms with van der Waals surface area (Å²) in [7, 11) is 0. The summed E-state index contributed by atoms with van der Waals surface area (Å²) in [4.78, 5) is 6.49. The van der Waals surface area contributed by atoms with Gasteiger partial charge in [-0.05, 0) is 19.1 Å². The van der Waals surface area contributed by atoms with Gasteiger partial charge in [-0.2, -0.15) is 5.10 Å². The summed E-state index contributed by atoms with van der Waals surface area (Å²) in [5.74, 6) is 0.758. The molecule has 2 aromatic rings. The second-order valence-corrected chi connectivity index (χ2v) is 6.00. The van der Waals surface area contributed by atoms with Crippen molar-refractivity contribution < 1.29 is 9.50 Å². The molecule has 7 nitrogen and oxygen atoms in total. The summed E-state index contributed by atoms with van der Waals surface area (Å²) >= 11 is 0. The van der Waals surface area contributed by atoms with Crippen LogP contribution in [-0.2, 0) is 6.67 Å². The van der Waals surface area contributed by atoms with Crippen molar-refractivity contribution in [2.24, 2.45) is 4.99 Å². The van der Waals surface area contributed by atoms with Crippen LogP contribution in [0.5, 0.6) is 0 Å². The first-order chi connectivity index (χ1) is 12.2. The molecule has 1 aromatic heterocycles. The lowest BCUT2D eigenvalue weighted by molar-refractivity contribution is 0.306. The number of aromatic nitrogens is 2. The molecule has 0 aliphatic carbocycles. The van der Waals surface area contributed by atoms with Crippen LogP contribution in [0.25, 0.3) is 16.6 Å². The molecule has 2 aliphatic heterocycles. The quantitative estimate of drug-likeness (QED) is 0.675. The van der Waals surface area contributed by atoms with Crippen molar-refractivity contribution in [2.75, 3.05) is 13.2 Å². The van der Waals surface area contributed by atoms with Gasteiger partial charge in [0.2, 0.25) is 0 Å². The van der Waals surface area contributed by atoms with E-state index >= 15 is 0 Å². The summed E-state index contributed by atoms with van der Waals surface area (Å²) in [6.45, 7) is 1.73. The van der Waals surface area contributed by atoms with Crippen LogP contribution in [-0.4, -0.2) is 45.4 Å². The van der Waals surface area contributed by atoms with Crippen molar-refractivity contribution in [3.8, 4) is 0 Å². The molecule has 0 fully saturated rings. The molecule has 130 valence electrons. The van der Waals surface area contributed by atoms with Crippen LogP contribution in [0.2, 0.25) is 0 Å². The first-order valence-corrected chi connectivity index (χ1v) is 8.10. The van der Waals surface area contributed by atoms with Gasteiger partial charge in [0.05, 0.1) is 30.1 Å². The molecule has 0 bridgehead atoms. The number of fused-ring (bicyclic) bond motifs is 2. The molecule has 3 heterocycles. The van der Waals surface area contributed by atoms with E-state index in [0.29, 0.717) is 12.2 Å². The van der Waals surface area contributed by atoms with E-state index in [1.807, 2.05) is 37.5 Å². The lowest BCUT2D eigenvalue weighted by Gasteiger charge is -2.32. The maximum atomic E-state index is 13.1. The number of amidine groups is 1. The zero-order valence-corrected chi connectivity index (χ0v) is 13.8. The molecule has 0 saturated carbocycles. The molecular weight excluding hydrogens is 323 g/mol. The number of nitrogens with zero attached hydrogens (tertiary/aromatic N) is 3. The van der Waals surface area contributed by atoms with Crippen molar-refractivity contribution in [1.82, 2.24) is 25.7 Å². The lowest BCUT2D eigenvalue weighted by Crippen LogP contribution is -2.50. The Hall–Kier alpha value is -2.87. The number of H-pyrrole nitrogens is 1. The summed E-state index contributed by atoms with van der Waals surface area (Å²) in [6, 6.07) is 5.80. The number of nitrogens with one attached hydrogen (secondary N) is 3. The number of halogens is 1. The summed E-state index contributed by atoms with van der Waals surface area (Å²) in [6.07, 6.45) is 3.78. The molecule has 0 saturated heterocycles. The Bertz CT molecular complexity index is 900. The van der Waals surface area contributed by atoms with E-state index in [4.69, 9.17) is 5.11 Å². The third kappa shape index (κ3) is 2.64. The zero-order chi connectivity index (χ0) is 17.4. The highest BCUT2D eigenvalue weighted by Crippen LogP contribution is 2.30. The van der Waals surface area contributed by atoms with Crippen LogP contribution in [0.1, 0.15) is 18.2 Å². The number of hydrogen-bond acceptors (Lipinski definition) is 5. The standard InChI is InChI=1S/C17H19FN6O/c1-10-9-24-15(8-20-17(24)16(21-10)19-4-5-25)11-2-3-13-12(6-11)14(7-18)23-22-13/h2-3,6,8-9,17,20,25H,4-5,7H2,1H3,(H,19,21)(H,22,23). The Morgan fingerprint density at radius 1 is 1.40 bits per heavy atom. The fourth-order valence-corrected chi connectivity index (χ4v) is 3.17. The third-order valence-electron chi connectivity index (χ3n) is 4.30. The van der Waals surface area contributed by atoms with Crippen molar-refractivity contribution in [1.29, 1.82) is 0 Å². The highest BCUT2D eigenvalue weighted by molar-refractivity contribution is 5.93. The monoisotopic (exact) mass is 342 g/mol. The Morgan fingerprint density at radius 3 is 3.08 bits per heavy atom. The minimum absolute atomic E-state index is 0.00408. The minimum Gasteiger partial charge on any atom is -0.394 e. The van der Waals surface area contributed by atoms with E-state index in [0.717, 1.165) is 33.7 Å². The van der Waals surface area contributed by atoms with Crippen LogP contribution in [0.15, 0.2) is 41.3 Å². The van der Waals surface area contributed by atoms with E-state index in [-0.39, 0.29) is 12.8 Å². The van der Waals surface area contributed by atoms with Gasteiger partial charge in [0.1, 0.15) is 12.5 Å². The van der Waals surface area contributed by atoms with E-state index < -0.39 is 6.67 Å². The number of aromatic amines is 1. The average molecular weight is 342 g/mol. The van der Waals surface area contributed by atoms with Crippen LogP contribution >= 0.6 is 0 Å². The summed E-state index contributed by atoms with van der Waals surface area (Å²) in [5, 5.41) is 23.2. The summed E-state index contributed by atoms with van der Waals surface area (Å²) in [5.41, 5.74) is 4.12. The zero-order valence-electron chi connectivity index (χ0n) is 13.8. The van der Waals surface area contributed by atoms with Crippen LogP contribution in [0, 0.1) is 0 Å². The van der Waals surface area contributed by atoms with Crippen molar-refractivity contribution in [3.63, 3.8) is 0 Å². The molecule has 25 heavy (non-hydrogen) atoms. The molecule has 2 aliphatic rings. The van der Waals surface area contributed by atoms with Crippen LogP contribution in [0.4, 0.5) is 4.39 Å². The first kappa shape index (κ1) is 15.6. The number of benzene rings is 1. The average Bonchev–Trinajstić information content (AvgIpc) is 3.22. The van der Waals surface area contributed by atoms with E-state index in [1.54, 1.807) is 0 Å². The molecular formula is C17H19FN6O. The second-order valence-electron chi connectivity index (χ2n) is 6.00. The number of allylic oxidation sites excluding steroid dienone is 1. The highest BCUT2D eigenvalue weighted by atomic mass is 19.1. The largest absolute Gasteiger partial charge is 0.394 e. The molecule has 4 N–H and O–H groups in total. The molecule has 4 rings (SSSR count). The van der Waals surface area contributed by atoms with Gasteiger partial charge in [-0.1, -0.05) is 6.07 Å². The Labute approximate surface area is 143 Å². The topological polar surface area (TPSA) is 88.6 Å². The van der Waals surface area contributed by atoms with Crippen molar-refractivity contribution in [3.05, 3.63) is 47.6 Å². The van der Waals surface area contributed by atoms with Gasteiger partial charge in [-0.15, -0.1) is 0 Å². The Balaban J connectivity index is 1.71. The molecule has 1 aromatic carbocycles. The Morgan fingerprint density at radius 2 is 2.28 bits per heavy atom. The predicted octanol–water partition coefficient (Wildman–Crippen LogP) is 1.42. The normalized spacial score (nSPS) is 21.0. The molecule has 0 spiro atoms. The summed E-state index contributed by atoms with van der Waals surface area (Å²) < 4.78 is 13.1. The lowest BCUT2D eigenvalue weighted by atomic mass is 10.1. The van der Waals surface area contributed by atoms with Gasteiger partial charge in [-0.25, -0.2) is 4.39 Å². The predicted molar refractivity (Wildman–Crippen MR) is 93.9 cm³/mol. The molecule has 0 amide bonds. The number of aliphatic hydroxyl groups excluding tert-OH is 1. The van der Waals surface area contributed by atoms with Crippen molar-refractivity contribution >= 4 is 22.4 Å². The number of rotatable bonds is 4. The number of aliphatic imine (C=N–C) groups is 1. The first-order valence-electron chi connectivity index (χ1n) is 8.10. The fourth-order valence-electron chi connectivity index (χ4n) is 3.17. The maximum absolute atomic E-state index is 13.1. The highest BCUT2D eigenvalue weighted by Gasteiger charge is 2.32. The minimum atomic E-state index is -0.579. The van der Waals surface area contributed by atoms with E-state index in [1.165, 1.54) is 0 Å². The number of hydrogen-bond donors (Lipinski definition) is 4. The number of aliphatic hydroxyl groups is 1. The molecule has 8 heteroatoms. The molecule has 1 atom stereocenters. The molecule has 1 unspecified atom stereocenters. The van der Waals surface area contributed by atoms with Gasteiger partial charge in [-0.3, -0.25) is 10.1 Å². The number of alkyl halides is 1. The SMILES string of the molecule is CC1=CN2C(c3ccc4n[nH]c(CF)c4c3)=CNC2C(=NCCO)N1. The molecule has 0 radical (unpaired) electrons. The van der Waals surface area contributed by atoms with Gasteiger partial charge >= 0.3 is 0 Å². The van der Waals surface area contributed by atoms with Crippen molar-refractivity contribution in [2.45, 2.75) is 19.8 Å². The van der Waals surface area contributed by atoms with Gasteiger partial charge in [0.15, 0.2) is 6.17 Å². The fraction of sp³-hybridized carbons (Fsp3) is 0.294. The van der Waals surface area contributed by atoms with Gasteiger partial charge < -0.3 is 20.6 Å². The van der Waals surface area contributed by atoms with Gasteiger partial charge in [0, 0.05) is 29.0 Å². The van der Waals surface area contributed by atoms with Crippen LogP contribution < -0.4 is 10.6 Å². The van der Waals surface area contributed by atoms with E-state index in [2.05, 4.69) is 30.7 Å². The Kier molecular flexibility index (Phi) is 3.89. The smallest absolute Gasteiger partial charge is 0.162 e. The van der Waals surface area contributed by atoms with Gasteiger partial charge in [0.25, 0.3) is 0 Å². The maximum Gasteiger partial charge on any atom is 0.162 e. The second kappa shape index (κ2) is 6.21. The van der Waals surface area contributed by atoms with E-state index in [9.17, 15) is 4.39 Å². The van der Waals surface area contributed by atoms with Crippen LogP contribution in [0.3, 0.4) is 0 Å². The third-order valence-corrected chi connectivity index (χ3v) is 4.30.